The van der Waals surface area contributed by atoms with E-state index in [2.05, 4.69) is 44.8 Å². The molecule has 0 radical (unpaired) electrons. The minimum Gasteiger partial charge on any atom is -0.314 e. The number of hydrogen-bond acceptors (Lipinski definition) is 2. The van der Waals surface area contributed by atoms with Gasteiger partial charge >= 0.3 is 0 Å². The highest BCUT2D eigenvalue weighted by molar-refractivity contribution is 4.81. The molecule has 1 rings (SSSR count). The van der Waals surface area contributed by atoms with Gasteiger partial charge in [0.05, 0.1) is 0 Å². The smallest absolute Gasteiger partial charge is 0.00927 e. The average molecular weight is 268 g/mol. The van der Waals surface area contributed by atoms with Crippen LogP contribution < -0.4 is 5.32 Å². The van der Waals surface area contributed by atoms with E-state index in [-0.39, 0.29) is 0 Å². The summed E-state index contributed by atoms with van der Waals surface area (Å²) in [5.74, 6) is 1.75. The van der Waals surface area contributed by atoms with Crippen molar-refractivity contribution in [3.63, 3.8) is 0 Å². The lowest BCUT2D eigenvalue weighted by Crippen LogP contribution is -2.46. The molecule has 2 nitrogen and oxygen atoms in total. The van der Waals surface area contributed by atoms with Crippen molar-refractivity contribution in [2.24, 2.45) is 11.8 Å². The highest BCUT2D eigenvalue weighted by atomic mass is 15.2. The van der Waals surface area contributed by atoms with Crippen molar-refractivity contribution in [1.82, 2.24) is 10.2 Å². The van der Waals surface area contributed by atoms with Crippen LogP contribution in [-0.4, -0.2) is 36.6 Å². The van der Waals surface area contributed by atoms with Crippen LogP contribution in [0.15, 0.2) is 0 Å². The summed E-state index contributed by atoms with van der Waals surface area (Å²) in [7, 11) is 0. The molecule has 0 aromatic heterocycles. The third kappa shape index (κ3) is 6.27. The highest BCUT2D eigenvalue weighted by Crippen LogP contribution is 2.27. The molecule has 4 atom stereocenters. The van der Waals surface area contributed by atoms with Gasteiger partial charge in [-0.3, -0.25) is 0 Å². The number of rotatable bonds is 8. The predicted octanol–water partition coefficient (Wildman–Crippen LogP) is 3.91. The molecule has 4 unspecified atom stereocenters. The number of nitrogens with zero attached hydrogens (tertiary/aromatic N) is 1. The summed E-state index contributed by atoms with van der Waals surface area (Å²) < 4.78 is 0. The molecule has 19 heavy (non-hydrogen) atoms. The Bertz CT molecular complexity index is 229. The summed E-state index contributed by atoms with van der Waals surface area (Å²) in [4.78, 5) is 2.73. The second-order valence-corrected chi connectivity index (χ2v) is 6.90. The maximum atomic E-state index is 3.58. The molecule has 1 aliphatic rings. The van der Waals surface area contributed by atoms with Gasteiger partial charge in [0.2, 0.25) is 0 Å². The summed E-state index contributed by atoms with van der Waals surface area (Å²) in [6.45, 7) is 15.6. The molecule has 2 heteroatoms. The van der Waals surface area contributed by atoms with Gasteiger partial charge in [-0.15, -0.1) is 0 Å². The lowest BCUT2D eigenvalue weighted by atomic mass is 9.86. The summed E-state index contributed by atoms with van der Waals surface area (Å²) >= 11 is 0. The van der Waals surface area contributed by atoms with Crippen LogP contribution in [0, 0.1) is 11.8 Å². The van der Waals surface area contributed by atoms with E-state index in [1.54, 1.807) is 0 Å². The number of likely N-dealkylation sites (tertiary alicyclic amines) is 1. The third-order valence-corrected chi connectivity index (χ3v) is 4.80. The summed E-state index contributed by atoms with van der Waals surface area (Å²) in [6.07, 6.45) is 6.71. The maximum absolute atomic E-state index is 3.58. The lowest BCUT2D eigenvalue weighted by Gasteiger charge is -2.41. The number of hydrogen-bond donors (Lipinski definition) is 1. The number of piperidine rings is 1. The van der Waals surface area contributed by atoms with Gasteiger partial charge in [0.1, 0.15) is 0 Å². The zero-order chi connectivity index (χ0) is 14.3. The highest BCUT2D eigenvalue weighted by Gasteiger charge is 2.27. The van der Waals surface area contributed by atoms with E-state index in [0.717, 1.165) is 17.9 Å². The average Bonchev–Trinajstić information content (AvgIpc) is 2.37. The van der Waals surface area contributed by atoms with Crippen molar-refractivity contribution in [1.29, 1.82) is 0 Å². The Hall–Kier alpha value is -0.0800. The Morgan fingerprint density at radius 3 is 2.63 bits per heavy atom. The van der Waals surface area contributed by atoms with Gasteiger partial charge in [-0.05, 0) is 64.5 Å². The fourth-order valence-corrected chi connectivity index (χ4v) is 3.39. The zero-order valence-electron chi connectivity index (χ0n) is 13.9. The van der Waals surface area contributed by atoms with Crippen molar-refractivity contribution >= 4 is 0 Å². The summed E-state index contributed by atoms with van der Waals surface area (Å²) in [5, 5.41) is 3.58. The predicted molar refractivity (Wildman–Crippen MR) is 85.6 cm³/mol. The minimum absolute atomic E-state index is 0.691. The fraction of sp³-hybridized carbons (Fsp3) is 1.00. The SMILES string of the molecule is CCCNC(C)CCCCN1CC(C)CC(C)C1C. The van der Waals surface area contributed by atoms with E-state index < -0.39 is 0 Å². The molecule has 1 aliphatic heterocycles. The molecule has 0 bridgehead atoms. The Morgan fingerprint density at radius 2 is 1.95 bits per heavy atom. The monoisotopic (exact) mass is 268 g/mol. The van der Waals surface area contributed by atoms with E-state index in [9.17, 15) is 0 Å². The standard InChI is InChI=1S/C17H36N2/c1-6-10-18-16(4)9-7-8-11-19-13-14(2)12-15(3)17(19)5/h14-18H,6-13H2,1-5H3. The Balaban J connectivity index is 2.14. The van der Waals surface area contributed by atoms with Crippen LogP contribution in [0.2, 0.25) is 0 Å². The Morgan fingerprint density at radius 1 is 1.21 bits per heavy atom. The van der Waals surface area contributed by atoms with Gasteiger partial charge in [0.25, 0.3) is 0 Å². The van der Waals surface area contributed by atoms with Crippen LogP contribution in [0.25, 0.3) is 0 Å². The van der Waals surface area contributed by atoms with Crippen LogP contribution in [0.4, 0.5) is 0 Å². The van der Waals surface area contributed by atoms with E-state index in [0.29, 0.717) is 6.04 Å². The summed E-state index contributed by atoms with van der Waals surface area (Å²) in [6, 6.07) is 1.48. The first-order chi connectivity index (χ1) is 9.04. The zero-order valence-corrected chi connectivity index (χ0v) is 13.9. The minimum atomic E-state index is 0.691. The van der Waals surface area contributed by atoms with Crippen molar-refractivity contribution in [2.45, 2.75) is 78.8 Å². The van der Waals surface area contributed by atoms with Gasteiger partial charge in [-0.1, -0.05) is 27.2 Å². The first-order valence-electron chi connectivity index (χ1n) is 8.52. The van der Waals surface area contributed by atoms with Gasteiger partial charge in [0.15, 0.2) is 0 Å². The first kappa shape index (κ1) is 17.0. The van der Waals surface area contributed by atoms with Gasteiger partial charge in [0, 0.05) is 18.6 Å². The van der Waals surface area contributed by atoms with Crippen LogP contribution in [0.3, 0.4) is 0 Å². The molecule has 1 saturated heterocycles. The topological polar surface area (TPSA) is 15.3 Å². The first-order valence-corrected chi connectivity index (χ1v) is 8.52. The largest absolute Gasteiger partial charge is 0.314 e. The van der Waals surface area contributed by atoms with Gasteiger partial charge in [-0.25, -0.2) is 0 Å². The number of unbranched alkanes of at least 4 members (excludes halogenated alkanes) is 1. The molecule has 0 saturated carbocycles. The molecule has 1 N–H and O–H groups in total. The molecule has 0 spiro atoms. The molecular formula is C17H36N2. The molecule has 0 aliphatic carbocycles. The van der Waals surface area contributed by atoms with Crippen LogP contribution in [0.5, 0.6) is 0 Å². The molecule has 1 heterocycles. The Kier molecular flexibility index (Phi) is 8.01. The quantitative estimate of drug-likeness (QED) is 0.671. The van der Waals surface area contributed by atoms with E-state index in [1.807, 2.05) is 0 Å². The fourth-order valence-electron chi connectivity index (χ4n) is 3.39. The molecular weight excluding hydrogens is 232 g/mol. The molecule has 0 aromatic carbocycles. The van der Waals surface area contributed by atoms with Gasteiger partial charge in [-0.2, -0.15) is 0 Å². The molecule has 114 valence electrons. The van der Waals surface area contributed by atoms with E-state index in [4.69, 9.17) is 0 Å². The number of nitrogens with one attached hydrogen (secondary N) is 1. The maximum Gasteiger partial charge on any atom is 0.00927 e. The van der Waals surface area contributed by atoms with Crippen molar-refractivity contribution in [3.8, 4) is 0 Å². The van der Waals surface area contributed by atoms with Crippen LogP contribution in [-0.2, 0) is 0 Å². The van der Waals surface area contributed by atoms with E-state index in [1.165, 1.54) is 51.7 Å². The second kappa shape index (κ2) is 8.97. The molecule has 0 aromatic rings. The molecule has 0 amide bonds. The molecule has 1 fully saturated rings. The third-order valence-electron chi connectivity index (χ3n) is 4.80. The second-order valence-electron chi connectivity index (χ2n) is 6.90. The van der Waals surface area contributed by atoms with E-state index >= 15 is 0 Å². The van der Waals surface area contributed by atoms with Crippen LogP contribution >= 0.6 is 0 Å². The summed E-state index contributed by atoms with van der Waals surface area (Å²) in [5.41, 5.74) is 0. The lowest BCUT2D eigenvalue weighted by molar-refractivity contribution is 0.0779. The van der Waals surface area contributed by atoms with Crippen LogP contribution in [0.1, 0.15) is 66.7 Å². The van der Waals surface area contributed by atoms with Crippen molar-refractivity contribution < 1.29 is 0 Å². The Labute approximate surface area is 121 Å². The van der Waals surface area contributed by atoms with Crippen molar-refractivity contribution in [2.75, 3.05) is 19.6 Å². The van der Waals surface area contributed by atoms with Crippen molar-refractivity contribution in [3.05, 3.63) is 0 Å². The van der Waals surface area contributed by atoms with Gasteiger partial charge < -0.3 is 10.2 Å². The normalized spacial score (nSPS) is 30.5.